The summed E-state index contributed by atoms with van der Waals surface area (Å²) in [5.41, 5.74) is -1.22. The molecule has 0 aliphatic carbocycles. The van der Waals surface area contributed by atoms with Crippen molar-refractivity contribution in [2.24, 2.45) is 0 Å². The van der Waals surface area contributed by atoms with Gasteiger partial charge >= 0.3 is 12.1 Å². The second-order valence-corrected chi connectivity index (χ2v) is 3.65. The van der Waals surface area contributed by atoms with Crippen LogP contribution in [-0.2, 0) is 4.79 Å². The molecule has 0 bridgehead atoms. The van der Waals surface area contributed by atoms with Crippen molar-refractivity contribution >= 4 is 5.91 Å². The van der Waals surface area contributed by atoms with Crippen molar-refractivity contribution in [2.45, 2.75) is 24.6 Å². The summed E-state index contributed by atoms with van der Waals surface area (Å²) in [7, 11) is 0. The molecular formula is C8H13F3N2O2. The number of rotatable bonds is 2. The molecule has 15 heavy (non-hydrogen) atoms. The molecule has 0 spiro atoms. The fourth-order valence-corrected chi connectivity index (χ4v) is 1.41. The zero-order valence-corrected chi connectivity index (χ0v) is 8.02. The Bertz CT molecular complexity index is 237. The van der Waals surface area contributed by atoms with E-state index in [2.05, 4.69) is 5.32 Å². The third kappa shape index (κ3) is 3.67. The first-order chi connectivity index (χ1) is 6.83. The molecule has 0 atom stereocenters. The summed E-state index contributed by atoms with van der Waals surface area (Å²) in [4.78, 5) is 10.5. The van der Waals surface area contributed by atoms with Crippen LogP contribution in [0, 0.1) is 0 Å². The van der Waals surface area contributed by atoms with Gasteiger partial charge in [0.15, 0.2) is 0 Å². The van der Waals surface area contributed by atoms with E-state index < -0.39 is 17.7 Å². The van der Waals surface area contributed by atoms with Crippen molar-refractivity contribution in [2.75, 3.05) is 19.6 Å². The first kappa shape index (κ1) is 12.3. The number of carbonyl (C=O) groups excluding carboxylic acids is 1. The highest BCUT2D eigenvalue weighted by Crippen LogP contribution is 2.18. The Balaban J connectivity index is 2.38. The molecule has 0 unspecified atom stereocenters. The smallest absolute Gasteiger partial charge is 0.388 e. The predicted molar refractivity (Wildman–Crippen MR) is 46.1 cm³/mol. The molecule has 0 aromatic heterocycles. The lowest BCUT2D eigenvalue weighted by Crippen LogP contribution is -2.51. The van der Waals surface area contributed by atoms with Gasteiger partial charge in [0.2, 0.25) is 0 Å². The monoisotopic (exact) mass is 226 g/mol. The number of alkyl halides is 3. The van der Waals surface area contributed by atoms with E-state index >= 15 is 0 Å². The van der Waals surface area contributed by atoms with Gasteiger partial charge in [-0.1, -0.05) is 0 Å². The van der Waals surface area contributed by atoms with Crippen molar-refractivity contribution < 1.29 is 23.1 Å². The van der Waals surface area contributed by atoms with Crippen LogP contribution >= 0.6 is 0 Å². The minimum atomic E-state index is -4.89. The van der Waals surface area contributed by atoms with Crippen LogP contribution in [0.5, 0.6) is 0 Å². The Morgan fingerprint density at radius 1 is 1.40 bits per heavy atom. The fourth-order valence-electron chi connectivity index (χ4n) is 1.41. The van der Waals surface area contributed by atoms with Gasteiger partial charge in [0.05, 0.1) is 5.60 Å². The Morgan fingerprint density at radius 3 is 2.40 bits per heavy atom. The van der Waals surface area contributed by atoms with E-state index in [1.807, 2.05) is 0 Å². The van der Waals surface area contributed by atoms with Crippen LogP contribution in [0.2, 0.25) is 0 Å². The molecule has 1 amide bonds. The molecule has 1 rings (SSSR count). The maximum absolute atomic E-state index is 11.8. The Morgan fingerprint density at radius 2 is 1.93 bits per heavy atom. The molecule has 1 fully saturated rings. The normalized spacial score (nSPS) is 21.1. The highest BCUT2D eigenvalue weighted by Gasteiger charge is 2.40. The Hall–Kier alpha value is -0.820. The molecule has 3 N–H and O–H groups in total. The van der Waals surface area contributed by atoms with Gasteiger partial charge in [-0.3, -0.25) is 4.79 Å². The lowest BCUT2D eigenvalue weighted by atomic mass is 9.92. The first-order valence-corrected chi connectivity index (χ1v) is 4.62. The molecular weight excluding hydrogens is 213 g/mol. The van der Waals surface area contributed by atoms with Gasteiger partial charge in [0.1, 0.15) is 0 Å². The van der Waals surface area contributed by atoms with E-state index in [4.69, 9.17) is 0 Å². The molecule has 1 heterocycles. The highest BCUT2D eigenvalue weighted by atomic mass is 19.4. The van der Waals surface area contributed by atoms with Gasteiger partial charge in [-0.25, -0.2) is 0 Å². The van der Waals surface area contributed by atoms with Crippen molar-refractivity contribution in [3.63, 3.8) is 0 Å². The second kappa shape index (κ2) is 4.36. The van der Waals surface area contributed by atoms with Crippen molar-refractivity contribution in [3.8, 4) is 0 Å². The predicted octanol–water partition coefficient (Wildman–Crippen LogP) is -0.221. The van der Waals surface area contributed by atoms with Crippen LogP contribution in [0.1, 0.15) is 12.8 Å². The number of hydrogen-bond acceptors (Lipinski definition) is 3. The van der Waals surface area contributed by atoms with Gasteiger partial charge in [-0.2, -0.15) is 13.2 Å². The highest BCUT2D eigenvalue weighted by molar-refractivity contribution is 5.81. The molecule has 4 nitrogen and oxygen atoms in total. The minimum Gasteiger partial charge on any atom is -0.388 e. The largest absolute Gasteiger partial charge is 0.471 e. The van der Waals surface area contributed by atoms with Crippen LogP contribution in [-0.4, -0.2) is 42.4 Å². The summed E-state index contributed by atoms with van der Waals surface area (Å²) in [6, 6.07) is 0. The molecule has 1 saturated heterocycles. The Kier molecular flexibility index (Phi) is 3.56. The molecule has 0 aromatic rings. The second-order valence-electron chi connectivity index (χ2n) is 3.65. The van der Waals surface area contributed by atoms with Crippen LogP contribution in [0.25, 0.3) is 0 Å². The van der Waals surface area contributed by atoms with Crippen LogP contribution in [0.4, 0.5) is 13.2 Å². The maximum atomic E-state index is 11.8. The third-order valence-electron chi connectivity index (χ3n) is 2.37. The van der Waals surface area contributed by atoms with Crippen molar-refractivity contribution in [1.29, 1.82) is 0 Å². The summed E-state index contributed by atoms with van der Waals surface area (Å²) in [6.45, 7) is 0.726. The molecule has 0 radical (unpaired) electrons. The van der Waals surface area contributed by atoms with Crippen molar-refractivity contribution in [1.82, 2.24) is 10.6 Å². The average molecular weight is 226 g/mol. The van der Waals surface area contributed by atoms with Crippen LogP contribution in [0.15, 0.2) is 0 Å². The van der Waals surface area contributed by atoms with Crippen LogP contribution < -0.4 is 10.6 Å². The fraction of sp³-hybridized carbons (Fsp3) is 0.875. The third-order valence-corrected chi connectivity index (χ3v) is 2.37. The van der Waals surface area contributed by atoms with Gasteiger partial charge in [-0.15, -0.1) is 0 Å². The lowest BCUT2D eigenvalue weighted by Gasteiger charge is -2.32. The summed E-state index contributed by atoms with van der Waals surface area (Å²) in [5.74, 6) is -2.01. The van der Waals surface area contributed by atoms with Gasteiger partial charge in [-0.05, 0) is 25.9 Å². The molecule has 88 valence electrons. The van der Waals surface area contributed by atoms with E-state index in [9.17, 15) is 23.1 Å². The first-order valence-electron chi connectivity index (χ1n) is 4.62. The van der Waals surface area contributed by atoms with E-state index in [1.165, 1.54) is 0 Å². The van der Waals surface area contributed by atoms with E-state index in [0.717, 1.165) is 0 Å². The SMILES string of the molecule is O=C(NCC1(O)CCNCC1)C(F)(F)F. The number of piperidine rings is 1. The minimum absolute atomic E-state index is 0.338. The number of halogens is 3. The number of carbonyl (C=O) groups is 1. The van der Waals surface area contributed by atoms with Crippen molar-refractivity contribution in [3.05, 3.63) is 0 Å². The molecule has 0 saturated carbocycles. The van der Waals surface area contributed by atoms with E-state index in [-0.39, 0.29) is 6.54 Å². The number of nitrogens with one attached hydrogen (secondary N) is 2. The topological polar surface area (TPSA) is 61.4 Å². The summed E-state index contributed by atoms with van der Waals surface area (Å²) >= 11 is 0. The number of hydrogen-bond donors (Lipinski definition) is 3. The quantitative estimate of drug-likeness (QED) is 0.610. The van der Waals surface area contributed by atoms with Gasteiger partial charge in [0.25, 0.3) is 0 Å². The van der Waals surface area contributed by atoms with E-state index in [1.54, 1.807) is 5.32 Å². The maximum Gasteiger partial charge on any atom is 0.471 e. The lowest BCUT2D eigenvalue weighted by molar-refractivity contribution is -0.174. The van der Waals surface area contributed by atoms with E-state index in [0.29, 0.717) is 25.9 Å². The van der Waals surface area contributed by atoms with Crippen LogP contribution in [0.3, 0.4) is 0 Å². The molecule has 7 heteroatoms. The summed E-state index contributed by atoms with van der Waals surface area (Å²) < 4.78 is 35.5. The Labute approximate surface area is 84.8 Å². The molecule has 1 aliphatic rings. The number of amides is 1. The average Bonchev–Trinajstić information content (AvgIpc) is 2.14. The summed E-state index contributed by atoms with van der Waals surface area (Å²) in [6.07, 6.45) is -4.21. The zero-order valence-electron chi connectivity index (χ0n) is 8.02. The zero-order chi connectivity index (χ0) is 11.5. The standard InChI is InChI=1S/C8H13F3N2O2/c9-8(10,11)6(14)13-5-7(15)1-3-12-4-2-7/h12,15H,1-5H2,(H,13,14). The van der Waals surface area contributed by atoms with Gasteiger partial charge < -0.3 is 15.7 Å². The summed E-state index contributed by atoms with van der Waals surface area (Å²) in [5, 5.41) is 14.4. The molecule has 1 aliphatic heterocycles. The number of aliphatic hydroxyl groups is 1. The van der Waals surface area contributed by atoms with Gasteiger partial charge in [0, 0.05) is 6.54 Å². The molecule has 0 aromatic carbocycles.